The van der Waals surface area contributed by atoms with Crippen LogP contribution in [0.4, 0.5) is 4.39 Å². The van der Waals surface area contributed by atoms with Crippen LogP contribution in [0.5, 0.6) is 0 Å². The number of aryl methyl sites for hydroxylation is 1. The molecule has 0 aliphatic heterocycles. The first-order valence-electron chi connectivity index (χ1n) is 5.49. The number of hydrogen-bond acceptors (Lipinski definition) is 3. The predicted octanol–water partition coefficient (Wildman–Crippen LogP) is 1.98. The molecule has 18 heavy (non-hydrogen) atoms. The van der Waals surface area contributed by atoms with Gasteiger partial charge in [-0.05, 0) is 19.1 Å². The van der Waals surface area contributed by atoms with Gasteiger partial charge in [-0.3, -0.25) is 0 Å². The van der Waals surface area contributed by atoms with Gasteiger partial charge in [0.15, 0.2) is 0 Å². The minimum atomic E-state index is -1.20. The zero-order chi connectivity index (χ0) is 13.3. The van der Waals surface area contributed by atoms with Crippen molar-refractivity contribution >= 4 is 5.97 Å². The lowest BCUT2D eigenvalue weighted by molar-refractivity contribution is 0.0683. The summed E-state index contributed by atoms with van der Waals surface area (Å²) in [5, 5.41) is 12.8. The number of rotatable bonds is 3. The monoisotopic (exact) mass is 249 g/mol. The van der Waals surface area contributed by atoms with E-state index in [-0.39, 0.29) is 11.6 Å². The molecule has 0 saturated heterocycles. The van der Waals surface area contributed by atoms with Gasteiger partial charge in [-0.25, -0.2) is 18.9 Å². The van der Waals surface area contributed by atoms with Crippen LogP contribution in [0.1, 0.15) is 28.9 Å². The SMILES string of the molecule is CCc1nc(C(=O)O)nn1-c1cccc(F)c1C. The van der Waals surface area contributed by atoms with E-state index in [1.165, 1.54) is 10.7 Å². The van der Waals surface area contributed by atoms with Crippen molar-refractivity contribution in [2.75, 3.05) is 0 Å². The Labute approximate surface area is 103 Å². The Morgan fingerprint density at radius 3 is 2.83 bits per heavy atom. The highest BCUT2D eigenvalue weighted by Crippen LogP contribution is 2.18. The van der Waals surface area contributed by atoms with E-state index in [0.717, 1.165) is 0 Å². The van der Waals surface area contributed by atoms with Crippen molar-refractivity contribution < 1.29 is 14.3 Å². The van der Waals surface area contributed by atoms with E-state index in [1.54, 1.807) is 19.1 Å². The summed E-state index contributed by atoms with van der Waals surface area (Å²) in [6.45, 7) is 3.45. The fourth-order valence-electron chi connectivity index (χ4n) is 1.68. The van der Waals surface area contributed by atoms with Crippen molar-refractivity contribution in [3.63, 3.8) is 0 Å². The number of aromatic carboxylic acids is 1. The van der Waals surface area contributed by atoms with Crippen LogP contribution in [-0.2, 0) is 6.42 Å². The molecule has 6 heteroatoms. The molecule has 0 spiro atoms. The standard InChI is InChI=1S/C12H12FN3O2/c1-3-10-14-11(12(17)18)15-16(10)9-6-4-5-8(13)7(9)2/h4-6H,3H2,1-2H3,(H,17,18). The molecule has 94 valence electrons. The smallest absolute Gasteiger partial charge is 0.375 e. The van der Waals surface area contributed by atoms with Crippen molar-refractivity contribution in [1.29, 1.82) is 0 Å². The first-order chi connectivity index (χ1) is 8.54. The summed E-state index contributed by atoms with van der Waals surface area (Å²) < 4.78 is 14.9. The number of benzene rings is 1. The maximum Gasteiger partial charge on any atom is 0.375 e. The molecule has 1 heterocycles. The Morgan fingerprint density at radius 2 is 2.22 bits per heavy atom. The van der Waals surface area contributed by atoms with Gasteiger partial charge in [0.25, 0.3) is 5.82 Å². The Hall–Kier alpha value is -2.24. The van der Waals surface area contributed by atoms with E-state index in [9.17, 15) is 9.18 Å². The molecule has 2 rings (SSSR count). The van der Waals surface area contributed by atoms with Gasteiger partial charge in [0.05, 0.1) is 5.69 Å². The Morgan fingerprint density at radius 1 is 1.50 bits per heavy atom. The van der Waals surface area contributed by atoms with Gasteiger partial charge in [-0.15, -0.1) is 5.10 Å². The lowest BCUT2D eigenvalue weighted by Crippen LogP contribution is -2.06. The molecule has 0 aliphatic rings. The van der Waals surface area contributed by atoms with Crippen LogP contribution in [0, 0.1) is 12.7 Å². The third-order valence-corrected chi connectivity index (χ3v) is 2.65. The van der Waals surface area contributed by atoms with Crippen LogP contribution in [0.3, 0.4) is 0 Å². The predicted molar refractivity (Wildman–Crippen MR) is 62.4 cm³/mol. The highest BCUT2D eigenvalue weighted by atomic mass is 19.1. The van der Waals surface area contributed by atoms with E-state index in [0.29, 0.717) is 23.5 Å². The topological polar surface area (TPSA) is 68.0 Å². The van der Waals surface area contributed by atoms with Crippen LogP contribution in [0.15, 0.2) is 18.2 Å². The molecule has 1 aromatic heterocycles. The summed E-state index contributed by atoms with van der Waals surface area (Å²) in [5.41, 5.74) is 0.917. The van der Waals surface area contributed by atoms with E-state index >= 15 is 0 Å². The maximum absolute atomic E-state index is 13.5. The van der Waals surface area contributed by atoms with Crippen molar-refractivity contribution in [2.45, 2.75) is 20.3 Å². The maximum atomic E-state index is 13.5. The third kappa shape index (κ3) is 1.97. The lowest BCUT2D eigenvalue weighted by atomic mass is 10.2. The molecule has 5 nitrogen and oxygen atoms in total. The number of carboxylic acids is 1. The number of hydrogen-bond donors (Lipinski definition) is 1. The van der Waals surface area contributed by atoms with E-state index < -0.39 is 5.97 Å². The molecule has 0 atom stereocenters. The van der Waals surface area contributed by atoms with Gasteiger partial charge in [0.2, 0.25) is 0 Å². The Bertz CT molecular complexity index is 607. The van der Waals surface area contributed by atoms with Gasteiger partial charge < -0.3 is 5.11 Å². The molecule has 2 aromatic rings. The number of carbonyl (C=O) groups is 1. The summed E-state index contributed by atoms with van der Waals surface area (Å²) in [6.07, 6.45) is 0.510. The quantitative estimate of drug-likeness (QED) is 0.903. The first kappa shape index (κ1) is 12.2. The van der Waals surface area contributed by atoms with Crippen LogP contribution in [-0.4, -0.2) is 25.8 Å². The second-order valence-corrected chi connectivity index (χ2v) is 3.81. The van der Waals surface area contributed by atoms with Crippen molar-refractivity contribution in [3.8, 4) is 5.69 Å². The van der Waals surface area contributed by atoms with Gasteiger partial charge in [0, 0.05) is 12.0 Å². The summed E-state index contributed by atoms with van der Waals surface area (Å²) in [6, 6.07) is 4.58. The fourth-order valence-corrected chi connectivity index (χ4v) is 1.68. The molecule has 0 bridgehead atoms. The average Bonchev–Trinajstić information content (AvgIpc) is 2.76. The Balaban J connectivity index is 2.63. The average molecular weight is 249 g/mol. The van der Waals surface area contributed by atoms with Crippen LogP contribution >= 0.6 is 0 Å². The highest BCUT2D eigenvalue weighted by Gasteiger charge is 2.17. The largest absolute Gasteiger partial charge is 0.475 e. The summed E-state index contributed by atoms with van der Waals surface area (Å²) in [5.74, 6) is -1.35. The minimum Gasteiger partial charge on any atom is -0.475 e. The molecule has 0 unspecified atom stereocenters. The number of carboxylic acid groups (broad SMARTS) is 1. The van der Waals surface area contributed by atoms with E-state index in [2.05, 4.69) is 10.1 Å². The molecular formula is C12H12FN3O2. The van der Waals surface area contributed by atoms with Crippen molar-refractivity contribution in [3.05, 3.63) is 41.2 Å². The van der Waals surface area contributed by atoms with Crippen molar-refractivity contribution in [1.82, 2.24) is 14.8 Å². The normalized spacial score (nSPS) is 10.6. The summed E-state index contributed by atoms with van der Waals surface area (Å²) in [4.78, 5) is 14.8. The molecule has 0 saturated carbocycles. The van der Waals surface area contributed by atoms with E-state index in [4.69, 9.17) is 5.11 Å². The number of halogens is 1. The molecule has 0 fully saturated rings. The summed E-state index contributed by atoms with van der Waals surface area (Å²) in [7, 11) is 0. The molecule has 0 aliphatic carbocycles. The van der Waals surface area contributed by atoms with Crippen molar-refractivity contribution in [2.24, 2.45) is 0 Å². The van der Waals surface area contributed by atoms with Gasteiger partial charge in [0.1, 0.15) is 11.6 Å². The first-order valence-corrected chi connectivity index (χ1v) is 5.49. The highest BCUT2D eigenvalue weighted by molar-refractivity contribution is 5.83. The second kappa shape index (κ2) is 4.56. The molecule has 1 N–H and O–H groups in total. The molecule has 0 radical (unpaired) electrons. The van der Waals surface area contributed by atoms with E-state index in [1.807, 2.05) is 6.92 Å². The van der Waals surface area contributed by atoms with Gasteiger partial charge >= 0.3 is 5.97 Å². The number of nitrogens with zero attached hydrogens (tertiary/aromatic N) is 3. The second-order valence-electron chi connectivity index (χ2n) is 3.81. The van der Waals surface area contributed by atoms with Crippen LogP contribution in [0.25, 0.3) is 5.69 Å². The third-order valence-electron chi connectivity index (χ3n) is 2.65. The molecule has 0 amide bonds. The zero-order valence-electron chi connectivity index (χ0n) is 10.0. The Kier molecular flexibility index (Phi) is 3.10. The lowest BCUT2D eigenvalue weighted by Gasteiger charge is -2.08. The minimum absolute atomic E-state index is 0.282. The number of aromatic nitrogens is 3. The van der Waals surface area contributed by atoms with Crippen LogP contribution in [0.2, 0.25) is 0 Å². The molecular weight excluding hydrogens is 237 g/mol. The zero-order valence-corrected chi connectivity index (χ0v) is 10.0. The van der Waals surface area contributed by atoms with Gasteiger partial charge in [-0.2, -0.15) is 0 Å². The molecule has 1 aromatic carbocycles. The fraction of sp³-hybridized carbons (Fsp3) is 0.250. The van der Waals surface area contributed by atoms with Crippen LogP contribution < -0.4 is 0 Å². The summed E-state index contributed by atoms with van der Waals surface area (Å²) >= 11 is 0. The van der Waals surface area contributed by atoms with Gasteiger partial charge in [-0.1, -0.05) is 13.0 Å².